The lowest BCUT2D eigenvalue weighted by Crippen LogP contribution is -2.30. The van der Waals surface area contributed by atoms with Crippen LogP contribution in [-0.4, -0.2) is 17.3 Å². The Morgan fingerprint density at radius 2 is 2.16 bits per heavy atom. The zero-order valence-electron chi connectivity index (χ0n) is 12.2. The standard InChI is InChI=1S/C17H25NO/c1-4-14(2)17(3,19)11-10-16-8-5-7-15(13-16)9-6-12-18/h5,7-8,13-14,19H,4,6,9,12,18H2,1-3H3. The van der Waals surface area contributed by atoms with Gasteiger partial charge in [0.2, 0.25) is 0 Å². The van der Waals surface area contributed by atoms with Crippen molar-refractivity contribution in [2.24, 2.45) is 11.7 Å². The van der Waals surface area contributed by atoms with Gasteiger partial charge in [-0.3, -0.25) is 0 Å². The van der Waals surface area contributed by atoms with E-state index in [1.807, 2.05) is 19.1 Å². The van der Waals surface area contributed by atoms with E-state index in [0.29, 0.717) is 6.54 Å². The quantitative estimate of drug-likeness (QED) is 0.799. The van der Waals surface area contributed by atoms with Gasteiger partial charge in [0.15, 0.2) is 0 Å². The number of aryl methyl sites for hydroxylation is 1. The molecule has 2 unspecified atom stereocenters. The molecule has 0 spiro atoms. The van der Waals surface area contributed by atoms with Crippen LogP contribution in [0.2, 0.25) is 0 Å². The van der Waals surface area contributed by atoms with Crippen LogP contribution in [0.4, 0.5) is 0 Å². The second-order valence-corrected chi connectivity index (χ2v) is 5.30. The van der Waals surface area contributed by atoms with E-state index in [9.17, 15) is 5.11 Å². The Balaban J connectivity index is 2.82. The maximum Gasteiger partial charge on any atom is 0.125 e. The Bertz CT molecular complexity index is 454. The molecule has 0 heterocycles. The number of hydrogen-bond acceptors (Lipinski definition) is 2. The number of aliphatic hydroxyl groups is 1. The van der Waals surface area contributed by atoms with Gasteiger partial charge in [-0.25, -0.2) is 0 Å². The van der Waals surface area contributed by atoms with Gasteiger partial charge in [-0.15, -0.1) is 0 Å². The molecule has 0 aliphatic heterocycles. The maximum atomic E-state index is 10.3. The average molecular weight is 259 g/mol. The second-order valence-electron chi connectivity index (χ2n) is 5.30. The minimum absolute atomic E-state index is 0.167. The summed E-state index contributed by atoms with van der Waals surface area (Å²) < 4.78 is 0. The van der Waals surface area contributed by atoms with Crippen molar-refractivity contribution in [3.05, 3.63) is 35.4 Å². The fraction of sp³-hybridized carbons (Fsp3) is 0.529. The summed E-state index contributed by atoms with van der Waals surface area (Å²) in [5.74, 6) is 6.24. The Morgan fingerprint density at radius 1 is 1.42 bits per heavy atom. The average Bonchev–Trinajstić information content (AvgIpc) is 2.42. The van der Waals surface area contributed by atoms with E-state index in [1.54, 1.807) is 6.92 Å². The number of nitrogens with two attached hydrogens (primary N) is 1. The minimum Gasteiger partial charge on any atom is -0.378 e. The monoisotopic (exact) mass is 259 g/mol. The lowest BCUT2D eigenvalue weighted by atomic mass is 9.89. The molecule has 1 rings (SSSR count). The van der Waals surface area contributed by atoms with Crippen molar-refractivity contribution in [3.8, 4) is 11.8 Å². The van der Waals surface area contributed by atoms with Crippen molar-refractivity contribution in [1.29, 1.82) is 0 Å². The Hall–Kier alpha value is -1.30. The third-order valence-electron chi connectivity index (χ3n) is 3.63. The maximum absolute atomic E-state index is 10.3. The highest BCUT2D eigenvalue weighted by molar-refractivity contribution is 5.38. The zero-order valence-corrected chi connectivity index (χ0v) is 12.2. The Morgan fingerprint density at radius 3 is 2.79 bits per heavy atom. The molecule has 0 aromatic heterocycles. The number of benzene rings is 1. The summed E-state index contributed by atoms with van der Waals surface area (Å²) in [6, 6.07) is 8.16. The van der Waals surface area contributed by atoms with E-state index >= 15 is 0 Å². The molecule has 1 aromatic rings. The predicted molar refractivity (Wildman–Crippen MR) is 80.8 cm³/mol. The van der Waals surface area contributed by atoms with Crippen molar-refractivity contribution in [3.63, 3.8) is 0 Å². The molecule has 2 atom stereocenters. The summed E-state index contributed by atoms with van der Waals surface area (Å²) in [5.41, 5.74) is 6.80. The summed E-state index contributed by atoms with van der Waals surface area (Å²) in [5, 5.41) is 10.3. The van der Waals surface area contributed by atoms with Crippen LogP contribution in [0.15, 0.2) is 24.3 Å². The van der Waals surface area contributed by atoms with Crippen molar-refractivity contribution in [2.75, 3.05) is 6.54 Å². The molecular weight excluding hydrogens is 234 g/mol. The first-order valence-corrected chi connectivity index (χ1v) is 7.04. The van der Waals surface area contributed by atoms with Crippen LogP contribution in [0, 0.1) is 17.8 Å². The highest BCUT2D eigenvalue weighted by Crippen LogP contribution is 2.19. The van der Waals surface area contributed by atoms with Gasteiger partial charge in [-0.1, -0.05) is 37.8 Å². The van der Waals surface area contributed by atoms with Crippen LogP contribution in [0.3, 0.4) is 0 Å². The molecule has 104 valence electrons. The summed E-state index contributed by atoms with van der Waals surface area (Å²) in [4.78, 5) is 0. The third-order valence-corrected chi connectivity index (χ3v) is 3.63. The molecule has 0 amide bonds. The smallest absolute Gasteiger partial charge is 0.125 e. The van der Waals surface area contributed by atoms with E-state index in [-0.39, 0.29) is 5.92 Å². The molecule has 3 N–H and O–H groups in total. The van der Waals surface area contributed by atoms with Crippen LogP contribution in [0.5, 0.6) is 0 Å². The van der Waals surface area contributed by atoms with Gasteiger partial charge >= 0.3 is 0 Å². The molecule has 0 saturated heterocycles. The first-order chi connectivity index (χ1) is 8.99. The molecule has 0 aliphatic carbocycles. The first kappa shape index (κ1) is 15.8. The molecule has 0 aliphatic rings. The number of rotatable bonds is 5. The first-order valence-electron chi connectivity index (χ1n) is 7.04. The predicted octanol–water partition coefficient (Wildman–Crippen LogP) is 2.73. The number of hydrogen-bond donors (Lipinski definition) is 2. The van der Waals surface area contributed by atoms with Gasteiger partial charge in [0.1, 0.15) is 5.60 Å². The van der Waals surface area contributed by atoms with E-state index in [1.165, 1.54) is 5.56 Å². The lowest BCUT2D eigenvalue weighted by Gasteiger charge is -2.23. The molecular formula is C17H25NO. The third kappa shape index (κ3) is 5.06. The van der Waals surface area contributed by atoms with Crippen molar-refractivity contribution in [2.45, 2.75) is 45.6 Å². The van der Waals surface area contributed by atoms with Crippen molar-refractivity contribution >= 4 is 0 Å². The highest BCUT2D eigenvalue weighted by atomic mass is 16.3. The normalized spacial score (nSPS) is 15.2. The Labute approximate surface area is 117 Å². The van der Waals surface area contributed by atoms with E-state index in [0.717, 1.165) is 24.8 Å². The molecule has 0 radical (unpaired) electrons. The van der Waals surface area contributed by atoms with Crippen molar-refractivity contribution < 1.29 is 5.11 Å². The summed E-state index contributed by atoms with van der Waals surface area (Å²) in [6.07, 6.45) is 2.88. The fourth-order valence-electron chi connectivity index (χ4n) is 1.83. The second kappa shape index (κ2) is 7.33. The van der Waals surface area contributed by atoms with Crippen LogP contribution in [-0.2, 0) is 6.42 Å². The van der Waals surface area contributed by atoms with Gasteiger partial charge < -0.3 is 10.8 Å². The largest absolute Gasteiger partial charge is 0.378 e. The molecule has 19 heavy (non-hydrogen) atoms. The molecule has 0 fully saturated rings. The van der Waals surface area contributed by atoms with Crippen LogP contribution < -0.4 is 5.73 Å². The van der Waals surface area contributed by atoms with E-state index in [2.05, 4.69) is 30.9 Å². The SMILES string of the molecule is CCC(C)C(C)(O)C#Cc1cccc(CCCN)c1. The summed E-state index contributed by atoms with van der Waals surface area (Å²) in [7, 11) is 0. The van der Waals surface area contributed by atoms with Crippen LogP contribution >= 0.6 is 0 Å². The fourth-order valence-corrected chi connectivity index (χ4v) is 1.83. The molecule has 2 nitrogen and oxygen atoms in total. The van der Waals surface area contributed by atoms with Gasteiger partial charge in [-0.05, 0) is 56.3 Å². The van der Waals surface area contributed by atoms with Gasteiger partial charge in [-0.2, -0.15) is 0 Å². The topological polar surface area (TPSA) is 46.2 Å². The molecule has 0 bridgehead atoms. The molecule has 2 heteroatoms. The van der Waals surface area contributed by atoms with Crippen LogP contribution in [0.1, 0.15) is 44.7 Å². The van der Waals surface area contributed by atoms with Crippen molar-refractivity contribution in [1.82, 2.24) is 0 Å². The zero-order chi connectivity index (χ0) is 14.3. The Kier molecular flexibility index (Phi) is 6.08. The van der Waals surface area contributed by atoms with Gasteiger partial charge in [0, 0.05) is 5.56 Å². The van der Waals surface area contributed by atoms with Crippen LogP contribution in [0.25, 0.3) is 0 Å². The van der Waals surface area contributed by atoms with Gasteiger partial charge in [0.05, 0.1) is 0 Å². The minimum atomic E-state index is -0.929. The lowest BCUT2D eigenvalue weighted by molar-refractivity contribution is 0.0625. The molecule has 1 aromatic carbocycles. The highest BCUT2D eigenvalue weighted by Gasteiger charge is 2.23. The summed E-state index contributed by atoms with van der Waals surface area (Å²) in [6.45, 7) is 6.58. The van der Waals surface area contributed by atoms with E-state index < -0.39 is 5.60 Å². The molecule has 0 saturated carbocycles. The van der Waals surface area contributed by atoms with E-state index in [4.69, 9.17) is 5.73 Å². The summed E-state index contributed by atoms with van der Waals surface area (Å²) >= 11 is 0. The van der Waals surface area contributed by atoms with Gasteiger partial charge in [0.25, 0.3) is 0 Å².